The van der Waals surface area contributed by atoms with E-state index in [1.165, 1.54) is 11.1 Å². The molecular weight excluding hydrogens is 278 g/mol. The van der Waals surface area contributed by atoms with Gasteiger partial charge in [0, 0.05) is 44.3 Å². The predicted octanol–water partition coefficient (Wildman–Crippen LogP) is 1.14. The van der Waals surface area contributed by atoms with Crippen LogP contribution in [0.5, 0.6) is 11.5 Å². The average Bonchev–Trinajstić information content (AvgIpc) is 2.56. The van der Waals surface area contributed by atoms with Gasteiger partial charge in [0.05, 0.1) is 14.2 Å². The first kappa shape index (κ1) is 15.6. The number of nitrogens with one attached hydrogen (secondary N) is 1. The summed E-state index contributed by atoms with van der Waals surface area (Å²) in [7, 11) is 5.63. The number of hydrogen-bond donors (Lipinski definition) is 1. The normalized spacial score (nSPS) is 23.1. The van der Waals surface area contributed by atoms with Crippen molar-refractivity contribution in [2.75, 3.05) is 60.5 Å². The highest BCUT2D eigenvalue weighted by atomic mass is 16.5. The van der Waals surface area contributed by atoms with Crippen LogP contribution in [-0.2, 0) is 6.42 Å². The van der Waals surface area contributed by atoms with Crippen LogP contribution in [0.4, 0.5) is 0 Å². The molecule has 2 aliphatic heterocycles. The maximum Gasteiger partial charge on any atom is 0.164 e. The van der Waals surface area contributed by atoms with Crippen LogP contribution in [-0.4, -0.2) is 70.3 Å². The Morgan fingerprint density at radius 3 is 2.59 bits per heavy atom. The number of fused-ring (bicyclic) bond motifs is 1. The third-order valence-corrected chi connectivity index (χ3v) is 4.86. The van der Waals surface area contributed by atoms with Crippen molar-refractivity contribution in [3.05, 3.63) is 23.3 Å². The van der Waals surface area contributed by atoms with Gasteiger partial charge in [0.25, 0.3) is 0 Å². The fourth-order valence-corrected chi connectivity index (χ4v) is 3.52. The Bertz CT molecular complexity index is 513. The summed E-state index contributed by atoms with van der Waals surface area (Å²) in [5.41, 5.74) is 2.67. The van der Waals surface area contributed by atoms with E-state index in [9.17, 15) is 0 Å². The minimum Gasteiger partial charge on any atom is -0.493 e. The first-order valence-electron chi connectivity index (χ1n) is 8.11. The highest BCUT2D eigenvalue weighted by Crippen LogP contribution is 2.38. The molecule has 1 atom stereocenters. The second-order valence-corrected chi connectivity index (χ2v) is 6.23. The van der Waals surface area contributed by atoms with Gasteiger partial charge in [-0.05, 0) is 31.6 Å². The average molecular weight is 305 g/mol. The molecule has 3 rings (SSSR count). The molecule has 1 saturated heterocycles. The predicted molar refractivity (Wildman–Crippen MR) is 87.9 cm³/mol. The smallest absolute Gasteiger partial charge is 0.164 e. The van der Waals surface area contributed by atoms with Gasteiger partial charge in [-0.2, -0.15) is 0 Å². The van der Waals surface area contributed by atoms with Gasteiger partial charge in [-0.1, -0.05) is 6.07 Å². The molecule has 0 amide bonds. The van der Waals surface area contributed by atoms with Gasteiger partial charge < -0.3 is 19.7 Å². The molecule has 2 aliphatic rings. The molecule has 1 N–H and O–H groups in total. The first-order valence-corrected chi connectivity index (χ1v) is 8.11. The Labute approximate surface area is 133 Å². The molecule has 0 spiro atoms. The quantitative estimate of drug-likeness (QED) is 0.903. The molecule has 0 saturated carbocycles. The maximum absolute atomic E-state index is 5.61. The largest absolute Gasteiger partial charge is 0.493 e. The van der Waals surface area contributed by atoms with Gasteiger partial charge >= 0.3 is 0 Å². The lowest BCUT2D eigenvalue weighted by Gasteiger charge is -2.37. The van der Waals surface area contributed by atoms with Gasteiger partial charge in [-0.25, -0.2) is 0 Å². The fraction of sp³-hybridized carbons (Fsp3) is 0.647. The van der Waals surface area contributed by atoms with Gasteiger partial charge in [-0.3, -0.25) is 4.90 Å². The van der Waals surface area contributed by atoms with Crippen molar-refractivity contribution in [3.63, 3.8) is 0 Å². The van der Waals surface area contributed by atoms with Crippen molar-refractivity contribution in [1.29, 1.82) is 0 Å². The number of nitrogens with zero attached hydrogens (tertiary/aromatic N) is 2. The Balaban J connectivity index is 1.79. The number of ether oxygens (including phenoxy) is 2. The zero-order chi connectivity index (χ0) is 15.5. The number of piperazine rings is 1. The number of rotatable bonds is 4. The van der Waals surface area contributed by atoms with Crippen LogP contribution in [0.15, 0.2) is 12.1 Å². The lowest BCUT2D eigenvalue weighted by Crippen LogP contribution is -2.48. The van der Waals surface area contributed by atoms with E-state index in [4.69, 9.17) is 9.47 Å². The van der Waals surface area contributed by atoms with E-state index in [0.29, 0.717) is 6.04 Å². The second kappa shape index (κ2) is 6.86. The van der Waals surface area contributed by atoms with Crippen LogP contribution in [0.2, 0.25) is 0 Å². The van der Waals surface area contributed by atoms with E-state index in [0.717, 1.165) is 57.2 Å². The standard InChI is InChI=1S/C17H27N3O2/c1-19-8-10-20(11-9-19)12-15-13-4-5-16(21-2)17(22-3)14(13)6-7-18-15/h4-5,15,18H,6-12H2,1-3H3. The van der Waals surface area contributed by atoms with Gasteiger partial charge in [0.1, 0.15) is 0 Å². The maximum atomic E-state index is 5.61. The van der Waals surface area contributed by atoms with Crippen LogP contribution in [0, 0.1) is 0 Å². The minimum atomic E-state index is 0.381. The van der Waals surface area contributed by atoms with Crippen LogP contribution in [0.25, 0.3) is 0 Å². The summed E-state index contributed by atoms with van der Waals surface area (Å²) in [5, 5.41) is 3.67. The van der Waals surface area contributed by atoms with Crippen LogP contribution in [0.1, 0.15) is 17.2 Å². The monoisotopic (exact) mass is 305 g/mol. The molecule has 1 aromatic carbocycles. The van der Waals surface area contributed by atoms with E-state index in [1.807, 2.05) is 6.07 Å². The number of likely N-dealkylation sites (N-methyl/N-ethyl adjacent to an activating group) is 1. The van der Waals surface area contributed by atoms with Crippen molar-refractivity contribution < 1.29 is 9.47 Å². The summed E-state index contributed by atoms with van der Waals surface area (Å²) in [5.74, 6) is 1.74. The molecular formula is C17H27N3O2. The SMILES string of the molecule is COc1ccc2c(c1OC)CCNC2CN1CCN(C)CC1. The molecule has 2 heterocycles. The van der Waals surface area contributed by atoms with Crippen molar-refractivity contribution in [2.45, 2.75) is 12.5 Å². The van der Waals surface area contributed by atoms with Crippen molar-refractivity contribution >= 4 is 0 Å². The number of benzene rings is 1. The molecule has 5 nitrogen and oxygen atoms in total. The van der Waals surface area contributed by atoms with Crippen molar-refractivity contribution in [1.82, 2.24) is 15.1 Å². The molecule has 5 heteroatoms. The van der Waals surface area contributed by atoms with E-state index < -0.39 is 0 Å². The topological polar surface area (TPSA) is 37.0 Å². The molecule has 1 aromatic rings. The molecule has 0 aromatic heterocycles. The number of hydrogen-bond acceptors (Lipinski definition) is 5. The lowest BCUT2D eigenvalue weighted by atomic mass is 9.92. The summed E-state index contributed by atoms with van der Waals surface area (Å²) >= 11 is 0. The fourth-order valence-electron chi connectivity index (χ4n) is 3.52. The van der Waals surface area contributed by atoms with E-state index in [1.54, 1.807) is 14.2 Å². The van der Waals surface area contributed by atoms with E-state index >= 15 is 0 Å². The molecule has 0 bridgehead atoms. The third-order valence-electron chi connectivity index (χ3n) is 4.86. The minimum absolute atomic E-state index is 0.381. The van der Waals surface area contributed by atoms with Crippen molar-refractivity contribution in [2.24, 2.45) is 0 Å². The third kappa shape index (κ3) is 3.07. The zero-order valence-corrected chi connectivity index (χ0v) is 13.9. The Morgan fingerprint density at radius 1 is 1.14 bits per heavy atom. The second-order valence-electron chi connectivity index (χ2n) is 6.23. The Morgan fingerprint density at radius 2 is 1.91 bits per heavy atom. The summed E-state index contributed by atoms with van der Waals surface area (Å²) in [6.07, 6.45) is 0.995. The number of methoxy groups -OCH3 is 2. The Kier molecular flexibility index (Phi) is 4.86. The summed E-state index contributed by atoms with van der Waals surface area (Å²) in [6, 6.07) is 4.61. The van der Waals surface area contributed by atoms with Crippen LogP contribution < -0.4 is 14.8 Å². The highest BCUT2D eigenvalue weighted by molar-refractivity contribution is 5.52. The summed E-state index contributed by atoms with van der Waals surface area (Å²) < 4.78 is 11.1. The van der Waals surface area contributed by atoms with Crippen LogP contribution >= 0.6 is 0 Å². The molecule has 1 unspecified atom stereocenters. The molecule has 122 valence electrons. The summed E-state index contributed by atoms with van der Waals surface area (Å²) in [6.45, 7) is 6.68. The lowest BCUT2D eigenvalue weighted by molar-refractivity contribution is 0.141. The van der Waals surface area contributed by atoms with Gasteiger partial charge in [0.15, 0.2) is 11.5 Å². The molecule has 0 radical (unpaired) electrons. The molecule has 0 aliphatic carbocycles. The zero-order valence-electron chi connectivity index (χ0n) is 13.9. The van der Waals surface area contributed by atoms with Gasteiger partial charge in [-0.15, -0.1) is 0 Å². The van der Waals surface area contributed by atoms with Gasteiger partial charge in [0.2, 0.25) is 0 Å². The van der Waals surface area contributed by atoms with E-state index in [-0.39, 0.29) is 0 Å². The van der Waals surface area contributed by atoms with Crippen LogP contribution in [0.3, 0.4) is 0 Å². The first-order chi connectivity index (χ1) is 10.7. The summed E-state index contributed by atoms with van der Waals surface area (Å²) in [4.78, 5) is 4.95. The van der Waals surface area contributed by atoms with E-state index in [2.05, 4.69) is 28.2 Å². The molecule has 22 heavy (non-hydrogen) atoms. The highest BCUT2D eigenvalue weighted by Gasteiger charge is 2.27. The molecule has 1 fully saturated rings. The van der Waals surface area contributed by atoms with Crippen molar-refractivity contribution in [3.8, 4) is 11.5 Å². The Hall–Kier alpha value is -1.30.